The molecule has 84 valence electrons. The molecule has 0 aromatic carbocycles. The average Bonchev–Trinajstić information content (AvgIpc) is 2.59. The predicted octanol–water partition coefficient (Wildman–Crippen LogP) is 2.10. The molecule has 1 aliphatic carbocycles. The topological polar surface area (TPSA) is 28.2 Å². The molecule has 0 spiro atoms. The minimum Gasteiger partial charge on any atom is -0.354 e. The summed E-state index contributed by atoms with van der Waals surface area (Å²) in [6, 6.07) is 0.741. The van der Waals surface area contributed by atoms with Crippen molar-refractivity contribution in [2.24, 2.45) is 5.92 Å². The summed E-state index contributed by atoms with van der Waals surface area (Å²) >= 11 is 1.77. The molecule has 1 N–H and O–H groups in total. The van der Waals surface area contributed by atoms with Crippen LogP contribution in [0, 0.1) is 5.92 Å². The van der Waals surface area contributed by atoms with Gasteiger partial charge in [-0.3, -0.25) is 0 Å². The fraction of sp³-hybridized carbons (Fsp3) is 0.727. The summed E-state index contributed by atoms with van der Waals surface area (Å²) in [5.41, 5.74) is 0. The lowest BCUT2D eigenvalue weighted by molar-refractivity contribution is 0.241. The highest BCUT2D eigenvalue weighted by molar-refractivity contribution is 7.15. The molecule has 1 aromatic heterocycles. The van der Waals surface area contributed by atoms with Gasteiger partial charge in [0, 0.05) is 37.8 Å². The SMILES string of the molecule is CC1CC(NCc2cnc(N(C)C)s2)C1. The van der Waals surface area contributed by atoms with Gasteiger partial charge >= 0.3 is 0 Å². The number of aromatic nitrogens is 1. The standard InChI is InChI=1S/C11H19N3S/c1-8-4-9(5-8)12-6-10-7-13-11(15-10)14(2)3/h7-9,12H,4-6H2,1-3H3. The number of hydrogen-bond donors (Lipinski definition) is 1. The van der Waals surface area contributed by atoms with Gasteiger partial charge in [0.05, 0.1) is 0 Å². The first-order valence-electron chi connectivity index (χ1n) is 5.50. The lowest BCUT2D eigenvalue weighted by atomic mass is 9.82. The number of hydrogen-bond acceptors (Lipinski definition) is 4. The van der Waals surface area contributed by atoms with Gasteiger partial charge in [0.25, 0.3) is 0 Å². The average molecular weight is 225 g/mol. The Morgan fingerprint density at radius 2 is 2.27 bits per heavy atom. The third-order valence-electron chi connectivity index (χ3n) is 2.86. The molecule has 3 nitrogen and oxygen atoms in total. The van der Waals surface area contributed by atoms with Crippen molar-refractivity contribution >= 4 is 16.5 Å². The third-order valence-corrected chi connectivity index (χ3v) is 4.03. The van der Waals surface area contributed by atoms with Crippen LogP contribution in [0.1, 0.15) is 24.6 Å². The molecule has 1 saturated carbocycles. The Balaban J connectivity index is 1.78. The van der Waals surface area contributed by atoms with Gasteiger partial charge in [0.1, 0.15) is 0 Å². The fourth-order valence-corrected chi connectivity index (χ4v) is 2.68. The van der Waals surface area contributed by atoms with Crippen LogP contribution in [-0.4, -0.2) is 25.1 Å². The molecule has 0 unspecified atom stereocenters. The van der Waals surface area contributed by atoms with Gasteiger partial charge in [-0.25, -0.2) is 4.98 Å². The molecule has 1 aromatic rings. The number of nitrogens with one attached hydrogen (secondary N) is 1. The largest absolute Gasteiger partial charge is 0.354 e. The second-order valence-electron chi connectivity index (χ2n) is 4.66. The molecule has 0 bridgehead atoms. The molecule has 0 radical (unpaired) electrons. The van der Waals surface area contributed by atoms with E-state index in [0.29, 0.717) is 0 Å². The second-order valence-corrected chi connectivity index (χ2v) is 5.75. The van der Waals surface area contributed by atoms with Crippen LogP contribution in [-0.2, 0) is 6.54 Å². The predicted molar refractivity (Wildman–Crippen MR) is 65.5 cm³/mol. The number of thiazole rings is 1. The van der Waals surface area contributed by atoms with Gasteiger partial charge in [-0.05, 0) is 18.8 Å². The van der Waals surface area contributed by atoms with E-state index < -0.39 is 0 Å². The Morgan fingerprint density at radius 3 is 2.80 bits per heavy atom. The second kappa shape index (κ2) is 4.49. The maximum absolute atomic E-state index is 4.36. The van der Waals surface area contributed by atoms with Crippen LogP contribution in [0.4, 0.5) is 5.13 Å². The van der Waals surface area contributed by atoms with Gasteiger partial charge in [-0.1, -0.05) is 6.92 Å². The number of rotatable bonds is 4. The molecule has 0 aliphatic heterocycles. The number of nitrogens with zero attached hydrogens (tertiary/aromatic N) is 2. The Bertz CT molecular complexity index is 315. The monoisotopic (exact) mass is 225 g/mol. The van der Waals surface area contributed by atoms with Gasteiger partial charge in [-0.15, -0.1) is 11.3 Å². The molecule has 2 rings (SSSR count). The van der Waals surface area contributed by atoms with Crippen molar-refractivity contribution < 1.29 is 0 Å². The van der Waals surface area contributed by atoms with Crippen LogP contribution in [0.5, 0.6) is 0 Å². The van der Waals surface area contributed by atoms with Gasteiger partial charge in [0.15, 0.2) is 5.13 Å². The van der Waals surface area contributed by atoms with Crippen molar-refractivity contribution in [2.75, 3.05) is 19.0 Å². The molecule has 1 heterocycles. The van der Waals surface area contributed by atoms with Crippen molar-refractivity contribution in [3.8, 4) is 0 Å². The molecular formula is C11H19N3S. The van der Waals surface area contributed by atoms with Gasteiger partial charge in [0.2, 0.25) is 0 Å². The summed E-state index contributed by atoms with van der Waals surface area (Å²) in [6.07, 6.45) is 4.65. The molecule has 15 heavy (non-hydrogen) atoms. The van der Waals surface area contributed by atoms with Crippen molar-refractivity contribution in [1.29, 1.82) is 0 Å². The summed E-state index contributed by atoms with van der Waals surface area (Å²) in [5, 5.41) is 4.66. The van der Waals surface area contributed by atoms with Gasteiger partial charge in [-0.2, -0.15) is 0 Å². The molecule has 1 aliphatic rings. The van der Waals surface area contributed by atoms with E-state index in [1.54, 1.807) is 11.3 Å². The zero-order chi connectivity index (χ0) is 10.8. The summed E-state index contributed by atoms with van der Waals surface area (Å²) in [7, 11) is 4.06. The molecule has 4 heteroatoms. The van der Waals surface area contributed by atoms with Crippen LogP contribution in [0.25, 0.3) is 0 Å². The maximum Gasteiger partial charge on any atom is 0.185 e. The molecule has 0 saturated heterocycles. The fourth-order valence-electron chi connectivity index (χ4n) is 1.90. The number of anilines is 1. The minimum absolute atomic E-state index is 0.741. The summed E-state index contributed by atoms with van der Waals surface area (Å²) < 4.78 is 0. The highest BCUT2D eigenvalue weighted by atomic mass is 32.1. The Labute approximate surface area is 95.5 Å². The zero-order valence-corrected chi connectivity index (χ0v) is 10.5. The van der Waals surface area contributed by atoms with E-state index in [1.807, 2.05) is 20.3 Å². The molecule has 0 amide bonds. The third kappa shape index (κ3) is 2.69. The quantitative estimate of drug-likeness (QED) is 0.850. The van der Waals surface area contributed by atoms with E-state index in [4.69, 9.17) is 0 Å². The first kappa shape index (κ1) is 10.9. The lowest BCUT2D eigenvalue weighted by Gasteiger charge is -2.33. The van der Waals surface area contributed by atoms with Crippen molar-refractivity contribution in [3.63, 3.8) is 0 Å². The highest BCUT2D eigenvalue weighted by Crippen LogP contribution is 2.27. The van der Waals surface area contributed by atoms with Crippen molar-refractivity contribution in [3.05, 3.63) is 11.1 Å². The maximum atomic E-state index is 4.36. The first-order chi connectivity index (χ1) is 7.15. The summed E-state index contributed by atoms with van der Waals surface area (Å²) in [6.45, 7) is 3.29. The lowest BCUT2D eigenvalue weighted by Crippen LogP contribution is -2.39. The van der Waals surface area contributed by atoms with E-state index >= 15 is 0 Å². The van der Waals surface area contributed by atoms with Crippen molar-refractivity contribution in [1.82, 2.24) is 10.3 Å². The zero-order valence-electron chi connectivity index (χ0n) is 9.66. The normalized spacial score (nSPS) is 25.0. The summed E-state index contributed by atoms with van der Waals surface area (Å²) in [4.78, 5) is 7.74. The molecular weight excluding hydrogens is 206 g/mol. The minimum atomic E-state index is 0.741. The Hall–Kier alpha value is -0.610. The van der Waals surface area contributed by atoms with E-state index in [9.17, 15) is 0 Å². The Morgan fingerprint density at radius 1 is 1.53 bits per heavy atom. The smallest absolute Gasteiger partial charge is 0.185 e. The van der Waals surface area contributed by atoms with Crippen LogP contribution < -0.4 is 10.2 Å². The van der Waals surface area contributed by atoms with Crippen LogP contribution >= 0.6 is 11.3 Å². The molecule has 1 fully saturated rings. The Kier molecular flexibility index (Phi) is 3.26. The van der Waals surface area contributed by atoms with Crippen LogP contribution in [0.3, 0.4) is 0 Å². The van der Waals surface area contributed by atoms with E-state index in [-0.39, 0.29) is 0 Å². The molecule has 0 atom stereocenters. The first-order valence-corrected chi connectivity index (χ1v) is 6.32. The highest BCUT2D eigenvalue weighted by Gasteiger charge is 2.24. The van der Waals surface area contributed by atoms with E-state index in [2.05, 4.69) is 22.1 Å². The summed E-state index contributed by atoms with van der Waals surface area (Å²) in [5.74, 6) is 0.918. The van der Waals surface area contributed by atoms with E-state index in [0.717, 1.165) is 23.6 Å². The van der Waals surface area contributed by atoms with Crippen LogP contribution in [0.15, 0.2) is 6.20 Å². The van der Waals surface area contributed by atoms with Crippen molar-refractivity contribution in [2.45, 2.75) is 32.4 Å². The van der Waals surface area contributed by atoms with Gasteiger partial charge < -0.3 is 10.2 Å². The van der Waals surface area contributed by atoms with E-state index in [1.165, 1.54) is 17.7 Å². The van der Waals surface area contributed by atoms with Crippen LogP contribution in [0.2, 0.25) is 0 Å².